The van der Waals surface area contributed by atoms with E-state index in [1.807, 2.05) is 42.5 Å². The summed E-state index contributed by atoms with van der Waals surface area (Å²) in [6.45, 7) is 2.23. The highest BCUT2D eigenvalue weighted by atomic mass is 35.5. The number of hydrogen-bond donors (Lipinski definition) is 2. The van der Waals surface area contributed by atoms with Gasteiger partial charge in [0, 0.05) is 12.2 Å². The second-order valence-electron chi connectivity index (χ2n) is 6.18. The van der Waals surface area contributed by atoms with Gasteiger partial charge >= 0.3 is 0 Å². The van der Waals surface area contributed by atoms with Crippen LogP contribution in [0.4, 0.5) is 5.69 Å². The normalized spacial score (nSPS) is 14.9. The summed E-state index contributed by atoms with van der Waals surface area (Å²) in [5.41, 5.74) is 7.78. The van der Waals surface area contributed by atoms with Gasteiger partial charge in [0.25, 0.3) is 0 Å². The van der Waals surface area contributed by atoms with Gasteiger partial charge in [0.2, 0.25) is 11.8 Å². The van der Waals surface area contributed by atoms with Crippen LogP contribution in [0.2, 0.25) is 0 Å². The average molecular weight is 360 g/mol. The SMILES string of the molecule is CC(N)(C(=O)NCC(=O)N1CCc2ccccc21)c1ccccc1.Cl. The molecule has 2 amide bonds. The van der Waals surface area contributed by atoms with Gasteiger partial charge in [-0.15, -0.1) is 12.4 Å². The van der Waals surface area contributed by atoms with Crippen LogP contribution in [0.1, 0.15) is 18.1 Å². The van der Waals surface area contributed by atoms with Gasteiger partial charge in [-0.25, -0.2) is 0 Å². The number of carbonyl (C=O) groups excluding carboxylic acids is 2. The van der Waals surface area contributed by atoms with Crippen molar-refractivity contribution in [2.24, 2.45) is 5.73 Å². The first-order valence-electron chi connectivity index (χ1n) is 8.01. The molecule has 5 nitrogen and oxygen atoms in total. The number of nitrogens with one attached hydrogen (secondary N) is 1. The van der Waals surface area contributed by atoms with Crippen LogP contribution in [0.25, 0.3) is 0 Å². The monoisotopic (exact) mass is 359 g/mol. The largest absolute Gasteiger partial charge is 0.345 e. The van der Waals surface area contributed by atoms with E-state index >= 15 is 0 Å². The van der Waals surface area contributed by atoms with E-state index in [1.165, 1.54) is 0 Å². The molecule has 0 aliphatic carbocycles. The maximum Gasteiger partial charge on any atom is 0.246 e. The Labute approximate surface area is 153 Å². The third-order valence-electron chi connectivity index (χ3n) is 4.43. The molecule has 3 N–H and O–H groups in total. The fourth-order valence-electron chi connectivity index (χ4n) is 2.95. The minimum atomic E-state index is -1.18. The Balaban J connectivity index is 0.00000225. The summed E-state index contributed by atoms with van der Waals surface area (Å²) in [6.07, 6.45) is 0.842. The third-order valence-corrected chi connectivity index (χ3v) is 4.43. The number of fused-ring (bicyclic) bond motifs is 1. The van der Waals surface area contributed by atoms with Gasteiger partial charge < -0.3 is 16.0 Å². The zero-order valence-corrected chi connectivity index (χ0v) is 14.9. The highest BCUT2D eigenvalue weighted by molar-refractivity contribution is 5.99. The Morgan fingerprint density at radius 3 is 2.48 bits per heavy atom. The summed E-state index contributed by atoms with van der Waals surface area (Å²) >= 11 is 0. The second-order valence-corrected chi connectivity index (χ2v) is 6.18. The van der Waals surface area contributed by atoms with Crippen LogP contribution in [0.3, 0.4) is 0 Å². The standard InChI is InChI=1S/C19H21N3O2.ClH/c1-19(20,15-8-3-2-4-9-15)18(24)21-13-17(23)22-12-11-14-7-5-6-10-16(14)22;/h2-10H,11-13,20H2,1H3,(H,21,24);1H. The van der Waals surface area contributed by atoms with Crippen molar-refractivity contribution in [3.05, 3.63) is 65.7 Å². The molecule has 2 aromatic carbocycles. The summed E-state index contributed by atoms with van der Waals surface area (Å²) in [7, 11) is 0. The quantitative estimate of drug-likeness (QED) is 0.876. The molecule has 0 saturated heterocycles. The molecule has 1 atom stereocenters. The van der Waals surface area contributed by atoms with E-state index in [0.717, 1.165) is 17.7 Å². The molecule has 3 rings (SSSR count). The summed E-state index contributed by atoms with van der Waals surface area (Å²) in [5, 5.41) is 2.67. The van der Waals surface area contributed by atoms with Crippen molar-refractivity contribution in [2.45, 2.75) is 18.9 Å². The number of benzene rings is 2. The summed E-state index contributed by atoms with van der Waals surface area (Å²) in [5.74, 6) is -0.494. The minimum absolute atomic E-state index is 0. The Morgan fingerprint density at radius 2 is 1.76 bits per heavy atom. The van der Waals surface area contributed by atoms with Gasteiger partial charge in [0.1, 0.15) is 5.54 Å². The molecule has 0 fully saturated rings. The molecule has 1 aliphatic rings. The minimum Gasteiger partial charge on any atom is -0.345 e. The van der Waals surface area contributed by atoms with E-state index in [0.29, 0.717) is 12.1 Å². The van der Waals surface area contributed by atoms with Crippen LogP contribution in [0.15, 0.2) is 54.6 Å². The van der Waals surface area contributed by atoms with E-state index in [9.17, 15) is 9.59 Å². The van der Waals surface area contributed by atoms with Crippen molar-refractivity contribution >= 4 is 29.9 Å². The summed E-state index contributed by atoms with van der Waals surface area (Å²) < 4.78 is 0. The maximum atomic E-state index is 12.4. The Kier molecular flexibility index (Phi) is 5.82. The van der Waals surface area contributed by atoms with Crippen molar-refractivity contribution in [3.8, 4) is 0 Å². The fraction of sp³-hybridized carbons (Fsp3) is 0.263. The van der Waals surface area contributed by atoms with E-state index in [-0.39, 0.29) is 30.8 Å². The van der Waals surface area contributed by atoms with Crippen LogP contribution in [-0.2, 0) is 21.5 Å². The smallest absolute Gasteiger partial charge is 0.246 e. The lowest BCUT2D eigenvalue weighted by molar-refractivity contribution is -0.128. The molecule has 25 heavy (non-hydrogen) atoms. The number of para-hydroxylation sites is 1. The molecule has 6 heteroatoms. The molecule has 1 unspecified atom stereocenters. The topological polar surface area (TPSA) is 75.4 Å². The molecule has 2 aromatic rings. The zero-order valence-electron chi connectivity index (χ0n) is 14.1. The summed E-state index contributed by atoms with van der Waals surface area (Å²) in [6, 6.07) is 17.0. The number of rotatable bonds is 4. The molecule has 0 spiro atoms. The number of carbonyl (C=O) groups is 2. The van der Waals surface area contributed by atoms with Gasteiger partial charge in [0.05, 0.1) is 6.54 Å². The average Bonchev–Trinajstić information content (AvgIpc) is 3.04. The first-order chi connectivity index (χ1) is 11.5. The van der Waals surface area contributed by atoms with Gasteiger partial charge in [-0.05, 0) is 30.5 Å². The predicted octanol–water partition coefficient (Wildman–Crippen LogP) is 1.99. The number of amides is 2. The third kappa shape index (κ3) is 3.83. The van der Waals surface area contributed by atoms with E-state index in [1.54, 1.807) is 24.0 Å². The van der Waals surface area contributed by atoms with Crippen molar-refractivity contribution in [2.75, 3.05) is 18.0 Å². The van der Waals surface area contributed by atoms with Crippen LogP contribution in [-0.4, -0.2) is 24.9 Å². The van der Waals surface area contributed by atoms with E-state index < -0.39 is 5.54 Å². The van der Waals surface area contributed by atoms with Crippen LogP contribution in [0.5, 0.6) is 0 Å². The zero-order chi connectivity index (χ0) is 17.2. The van der Waals surface area contributed by atoms with Crippen LogP contribution in [0, 0.1) is 0 Å². The number of halogens is 1. The second kappa shape index (κ2) is 7.68. The number of nitrogens with two attached hydrogens (primary N) is 1. The molecule has 0 saturated carbocycles. The molecule has 0 radical (unpaired) electrons. The Hall–Kier alpha value is -2.37. The van der Waals surface area contributed by atoms with E-state index in [2.05, 4.69) is 5.32 Å². The first-order valence-corrected chi connectivity index (χ1v) is 8.01. The molecule has 132 valence electrons. The fourth-order valence-corrected chi connectivity index (χ4v) is 2.95. The lowest BCUT2D eigenvalue weighted by atomic mass is 9.92. The molecule has 1 heterocycles. The van der Waals surface area contributed by atoms with Crippen molar-refractivity contribution in [3.63, 3.8) is 0 Å². The lowest BCUT2D eigenvalue weighted by Crippen LogP contribution is -2.51. The highest BCUT2D eigenvalue weighted by Gasteiger charge is 2.31. The van der Waals surface area contributed by atoms with Crippen molar-refractivity contribution in [1.29, 1.82) is 0 Å². The number of hydrogen-bond acceptors (Lipinski definition) is 3. The lowest BCUT2D eigenvalue weighted by Gasteiger charge is -2.25. The molecule has 0 aromatic heterocycles. The predicted molar refractivity (Wildman–Crippen MR) is 101 cm³/mol. The highest BCUT2D eigenvalue weighted by Crippen LogP contribution is 2.27. The number of anilines is 1. The number of nitrogens with zero attached hydrogens (tertiary/aromatic N) is 1. The first kappa shape index (κ1) is 19.0. The van der Waals surface area contributed by atoms with Gasteiger partial charge in [-0.1, -0.05) is 48.5 Å². The van der Waals surface area contributed by atoms with Crippen molar-refractivity contribution in [1.82, 2.24) is 5.32 Å². The van der Waals surface area contributed by atoms with Gasteiger partial charge in [-0.3, -0.25) is 9.59 Å². The molecular weight excluding hydrogens is 338 g/mol. The van der Waals surface area contributed by atoms with E-state index in [4.69, 9.17) is 5.73 Å². The molecule has 1 aliphatic heterocycles. The van der Waals surface area contributed by atoms with Crippen LogP contribution >= 0.6 is 12.4 Å². The van der Waals surface area contributed by atoms with Crippen LogP contribution < -0.4 is 16.0 Å². The molecular formula is C19H22ClN3O2. The van der Waals surface area contributed by atoms with Crippen molar-refractivity contribution < 1.29 is 9.59 Å². The Morgan fingerprint density at radius 1 is 1.12 bits per heavy atom. The summed E-state index contributed by atoms with van der Waals surface area (Å²) in [4.78, 5) is 26.6. The van der Waals surface area contributed by atoms with Gasteiger partial charge in [-0.2, -0.15) is 0 Å². The Bertz CT molecular complexity index is 762. The van der Waals surface area contributed by atoms with Gasteiger partial charge in [0.15, 0.2) is 0 Å². The maximum absolute atomic E-state index is 12.4. The molecule has 0 bridgehead atoms.